The first-order valence-electron chi connectivity index (χ1n) is 3.88. The summed E-state index contributed by atoms with van der Waals surface area (Å²) in [5.74, 6) is 4.27. The molecule has 0 atom stereocenters. The maximum Gasteiger partial charge on any atom is 0.384 e. The lowest BCUT2D eigenvalue weighted by atomic mass is 10.3. The highest BCUT2D eigenvalue weighted by atomic mass is 35.5. The highest BCUT2D eigenvalue weighted by Crippen LogP contribution is 1.98. The van der Waals surface area contributed by atoms with Crippen molar-refractivity contribution in [2.45, 2.75) is 6.92 Å². The summed E-state index contributed by atoms with van der Waals surface area (Å²) in [4.78, 5) is 18.2. The van der Waals surface area contributed by atoms with E-state index in [2.05, 4.69) is 26.5 Å². The molecule has 0 radical (unpaired) electrons. The Balaban J connectivity index is 2.68. The zero-order valence-electron chi connectivity index (χ0n) is 7.45. The van der Waals surface area contributed by atoms with Gasteiger partial charge < -0.3 is 4.74 Å². The third-order valence-corrected chi connectivity index (χ3v) is 1.40. The molecule has 0 saturated heterocycles. The highest BCUT2D eigenvalue weighted by Gasteiger charge is 1.94. The fraction of sp³-hybridized carbons (Fsp3) is 0.222. The molecule has 0 N–H and O–H groups in total. The second-order valence-corrected chi connectivity index (χ2v) is 2.55. The molecule has 72 valence electrons. The van der Waals surface area contributed by atoms with Gasteiger partial charge >= 0.3 is 5.97 Å². The average molecular weight is 211 g/mol. The molecule has 1 aromatic heterocycles. The van der Waals surface area contributed by atoms with Gasteiger partial charge in [-0.05, 0) is 18.5 Å². The van der Waals surface area contributed by atoms with Gasteiger partial charge in [0.25, 0.3) is 0 Å². The van der Waals surface area contributed by atoms with E-state index in [0.717, 1.165) is 0 Å². The number of carbonyl (C=O) groups excluding carboxylic acids is 1. The van der Waals surface area contributed by atoms with E-state index in [1.807, 2.05) is 0 Å². The number of hydrogen-bond acceptors (Lipinski definition) is 4. The van der Waals surface area contributed by atoms with E-state index in [0.29, 0.717) is 12.2 Å². The summed E-state index contributed by atoms with van der Waals surface area (Å²) in [6, 6.07) is 0. The van der Waals surface area contributed by atoms with Crippen molar-refractivity contribution in [3.63, 3.8) is 0 Å². The van der Waals surface area contributed by atoms with E-state index in [1.165, 1.54) is 12.4 Å². The molecular formula is C9H7ClN2O2. The van der Waals surface area contributed by atoms with Crippen LogP contribution in [-0.2, 0) is 9.53 Å². The molecule has 0 spiro atoms. The number of halogens is 1. The minimum Gasteiger partial charge on any atom is -0.456 e. The van der Waals surface area contributed by atoms with E-state index in [1.54, 1.807) is 6.92 Å². The van der Waals surface area contributed by atoms with E-state index < -0.39 is 5.97 Å². The van der Waals surface area contributed by atoms with Crippen LogP contribution in [0.5, 0.6) is 0 Å². The number of carbonyl (C=O) groups is 1. The molecule has 0 bridgehead atoms. The van der Waals surface area contributed by atoms with Gasteiger partial charge in [-0.15, -0.1) is 0 Å². The summed E-state index contributed by atoms with van der Waals surface area (Å²) >= 11 is 5.46. The van der Waals surface area contributed by atoms with Gasteiger partial charge in [-0.1, -0.05) is 5.92 Å². The molecule has 1 heterocycles. The summed E-state index contributed by atoms with van der Waals surface area (Å²) in [7, 11) is 0. The van der Waals surface area contributed by atoms with Crippen LogP contribution in [0.1, 0.15) is 12.5 Å². The summed E-state index contributed by atoms with van der Waals surface area (Å²) in [5.41, 5.74) is 0.516. The lowest BCUT2D eigenvalue weighted by Gasteiger charge is -1.91. The number of ether oxygens (including phenoxy) is 1. The van der Waals surface area contributed by atoms with Crippen molar-refractivity contribution in [1.82, 2.24) is 9.97 Å². The van der Waals surface area contributed by atoms with Crippen molar-refractivity contribution >= 4 is 17.6 Å². The van der Waals surface area contributed by atoms with Crippen molar-refractivity contribution in [1.29, 1.82) is 0 Å². The predicted molar refractivity (Wildman–Crippen MR) is 50.6 cm³/mol. The molecule has 0 fully saturated rings. The van der Waals surface area contributed by atoms with Crippen molar-refractivity contribution in [3.05, 3.63) is 23.2 Å². The first kappa shape index (κ1) is 10.5. The Morgan fingerprint density at radius 1 is 1.57 bits per heavy atom. The van der Waals surface area contributed by atoms with Crippen LogP contribution >= 0.6 is 11.6 Å². The lowest BCUT2D eigenvalue weighted by molar-refractivity contribution is -0.136. The number of rotatable bonds is 1. The monoisotopic (exact) mass is 210 g/mol. The van der Waals surface area contributed by atoms with Crippen LogP contribution in [-0.4, -0.2) is 22.5 Å². The number of aromatic nitrogens is 2. The smallest absolute Gasteiger partial charge is 0.384 e. The Bertz CT molecular complexity index is 378. The van der Waals surface area contributed by atoms with Crippen LogP contribution < -0.4 is 0 Å². The second-order valence-electron chi connectivity index (χ2n) is 2.21. The fourth-order valence-electron chi connectivity index (χ4n) is 0.667. The SMILES string of the molecule is CCOC(=O)C#Cc1cnc(Cl)nc1. The fourth-order valence-corrected chi connectivity index (χ4v) is 0.765. The Hall–Kier alpha value is -1.60. The zero-order valence-corrected chi connectivity index (χ0v) is 8.21. The molecule has 0 aliphatic carbocycles. The minimum absolute atomic E-state index is 0.145. The Labute approximate surface area is 86.3 Å². The number of esters is 1. The van der Waals surface area contributed by atoms with Gasteiger partial charge in [0, 0.05) is 18.3 Å². The third kappa shape index (κ3) is 3.42. The second kappa shape index (κ2) is 5.20. The van der Waals surface area contributed by atoms with Gasteiger partial charge in [0.05, 0.1) is 12.2 Å². The number of hydrogen-bond donors (Lipinski definition) is 0. The molecule has 4 nitrogen and oxygen atoms in total. The molecule has 1 aromatic rings. The lowest BCUT2D eigenvalue weighted by Crippen LogP contribution is -1.99. The van der Waals surface area contributed by atoms with E-state index >= 15 is 0 Å². The molecule has 0 unspecified atom stereocenters. The maximum atomic E-state index is 10.8. The first-order valence-corrected chi connectivity index (χ1v) is 4.26. The van der Waals surface area contributed by atoms with Crippen LogP contribution in [0.25, 0.3) is 0 Å². The van der Waals surface area contributed by atoms with Crippen LogP contribution in [0.4, 0.5) is 0 Å². The van der Waals surface area contributed by atoms with Crippen molar-refractivity contribution in [2.24, 2.45) is 0 Å². The van der Waals surface area contributed by atoms with Gasteiger partial charge in [0.1, 0.15) is 0 Å². The standard InChI is InChI=1S/C9H7ClN2O2/c1-2-14-8(13)4-3-7-5-11-9(10)12-6-7/h5-6H,2H2,1H3. The molecule has 0 amide bonds. The molecule has 5 heteroatoms. The Morgan fingerprint density at radius 3 is 2.79 bits per heavy atom. The molecule has 14 heavy (non-hydrogen) atoms. The van der Waals surface area contributed by atoms with Gasteiger partial charge in [0.15, 0.2) is 0 Å². The molecule has 0 saturated carbocycles. The topological polar surface area (TPSA) is 52.1 Å². The predicted octanol–water partition coefficient (Wildman–Crippen LogP) is 1.04. The molecule has 1 rings (SSSR count). The van der Waals surface area contributed by atoms with E-state index in [9.17, 15) is 4.79 Å². The van der Waals surface area contributed by atoms with Gasteiger partial charge in [0.2, 0.25) is 5.28 Å². The number of nitrogens with zero attached hydrogens (tertiary/aromatic N) is 2. The first-order chi connectivity index (χ1) is 6.72. The van der Waals surface area contributed by atoms with Crippen molar-refractivity contribution in [3.8, 4) is 11.8 Å². The van der Waals surface area contributed by atoms with E-state index in [4.69, 9.17) is 11.6 Å². The largest absolute Gasteiger partial charge is 0.456 e. The molecular weight excluding hydrogens is 204 g/mol. The summed E-state index contributed by atoms with van der Waals surface area (Å²) in [6.45, 7) is 2.02. The highest BCUT2D eigenvalue weighted by molar-refractivity contribution is 6.28. The zero-order chi connectivity index (χ0) is 10.4. The van der Waals surface area contributed by atoms with E-state index in [-0.39, 0.29) is 5.28 Å². The van der Waals surface area contributed by atoms with Crippen LogP contribution in [0.2, 0.25) is 5.28 Å². The van der Waals surface area contributed by atoms with Gasteiger partial charge in [-0.25, -0.2) is 14.8 Å². The van der Waals surface area contributed by atoms with Crippen LogP contribution in [0, 0.1) is 11.8 Å². The average Bonchev–Trinajstić information content (AvgIpc) is 2.17. The Morgan fingerprint density at radius 2 is 2.21 bits per heavy atom. The quantitative estimate of drug-likeness (QED) is 0.395. The van der Waals surface area contributed by atoms with Gasteiger partial charge in [-0.2, -0.15) is 0 Å². The van der Waals surface area contributed by atoms with Gasteiger partial charge in [-0.3, -0.25) is 0 Å². The third-order valence-electron chi connectivity index (χ3n) is 1.20. The maximum absolute atomic E-state index is 10.8. The van der Waals surface area contributed by atoms with Crippen LogP contribution in [0.15, 0.2) is 12.4 Å². The van der Waals surface area contributed by atoms with Crippen LogP contribution in [0.3, 0.4) is 0 Å². The van der Waals surface area contributed by atoms with Crippen molar-refractivity contribution in [2.75, 3.05) is 6.61 Å². The molecule has 0 aromatic carbocycles. The molecule has 0 aliphatic rings. The summed E-state index contributed by atoms with van der Waals surface area (Å²) in [5, 5.41) is 0.145. The summed E-state index contributed by atoms with van der Waals surface area (Å²) in [6.07, 6.45) is 2.86. The van der Waals surface area contributed by atoms with Crippen molar-refractivity contribution < 1.29 is 9.53 Å². The molecule has 0 aliphatic heterocycles. The minimum atomic E-state index is -0.567. The normalized spacial score (nSPS) is 8.71. The Kier molecular flexibility index (Phi) is 3.89. The summed E-state index contributed by atoms with van der Waals surface area (Å²) < 4.78 is 4.61.